The monoisotopic (exact) mass is 329 g/mol. The number of rotatable bonds is 3. The number of benzene rings is 1. The molecule has 0 fully saturated rings. The van der Waals surface area contributed by atoms with Gasteiger partial charge in [0, 0.05) is 24.8 Å². The van der Waals surface area contributed by atoms with E-state index in [9.17, 15) is 0 Å². The lowest BCUT2D eigenvalue weighted by molar-refractivity contribution is 0.838. The number of imidazole rings is 3. The summed E-state index contributed by atoms with van der Waals surface area (Å²) in [6, 6.07) is 7.78. The first-order valence-corrected chi connectivity index (χ1v) is 7.55. The summed E-state index contributed by atoms with van der Waals surface area (Å²) in [6.07, 6.45) is 10.2. The Bertz CT molecular complexity index is 1050. The molecule has 120 valence electrons. The second-order valence-electron chi connectivity index (χ2n) is 5.30. The molecule has 4 heterocycles. The van der Waals surface area contributed by atoms with E-state index in [1.165, 1.54) is 0 Å². The molecule has 0 unspecified atom stereocenters. The summed E-state index contributed by atoms with van der Waals surface area (Å²) < 4.78 is 3.43. The summed E-state index contributed by atoms with van der Waals surface area (Å²) in [7, 11) is 0. The number of fused-ring (bicyclic) bond motifs is 1. The maximum Gasteiger partial charge on any atom is 0.240 e. The third kappa shape index (κ3) is 2.34. The van der Waals surface area contributed by atoms with Gasteiger partial charge in [-0.2, -0.15) is 15.0 Å². The maximum absolute atomic E-state index is 4.57. The number of hydrogen-bond acceptors (Lipinski definition) is 6. The van der Waals surface area contributed by atoms with Gasteiger partial charge in [-0.25, -0.2) is 15.0 Å². The normalized spacial score (nSPS) is 11.2. The van der Waals surface area contributed by atoms with Gasteiger partial charge in [-0.05, 0) is 12.1 Å². The average molecular weight is 329 g/mol. The predicted octanol–water partition coefficient (Wildman–Crippen LogP) is 1.79. The fourth-order valence-electron chi connectivity index (χ4n) is 2.50. The Kier molecular flexibility index (Phi) is 2.89. The van der Waals surface area contributed by atoms with Crippen molar-refractivity contribution in [3.63, 3.8) is 0 Å². The Labute approximate surface area is 141 Å². The van der Waals surface area contributed by atoms with Crippen LogP contribution >= 0.6 is 0 Å². The molecule has 5 rings (SSSR count). The van der Waals surface area contributed by atoms with Crippen LogP contribution in [0.3, 0.4) is 0 Å². The quantitative estimate of drug-likeness (QED) is 0.541. The van der Waals surface area contributed by atoms with Gasteiger partial charge < -0.3 is 4.98 Å². The number of aromatic nitrogens is 9. The van der Waals surface area contributed by atoms with Crippen molar-refractivity contribution in [2.45, 2.75) is 0 Å². The minimum atomic E-state index is 0.443. The predicted molar refractivity (Wildman–Crippen MR) is 89.2 cm³/mol. The van der Waals surface area contributed by atoms with Gasteiger partial charge in [0.1, 0.15) is 12.7 Å². The molecule has 0 saturated heterocycles. The smallest absolute Gasteiger partial charge is 0.240 e. The molecule has 0 aliphatic rings. The molecule has 0 spiro atoms. The van der Waals surface area contributed by atoms with Gasteiger partial charge in [-0.3, -0.25) is 9.13 Å². The molecule has 0 radical (unpaired) electrons. The second-order valence-corrected chi connectivity index (χ2v) is 5.30. The highest BCUT2D eigenvalue weighted by molar-refractivity contribution is 5.78. The first-order chi connectivity index (χ1) is 12.4. The molecule has 4 aromatic heterocycles. The van der Waals surface area contributed by atoms with Gasteiger partial charge in [0.25, 0.3) is 0 Å². The summed E-state index contributed by atoms with van der Waals surface area (Å²) >= 11 is 0. The summed E-state index contributed by atoms with van der Waals surface area (Å²) in [4.78, 5) is 29.4. The van der Waals surface area contributed by atoms with E-state index >= 15 is 0 Å². The molecule has 1 aromatic carbocycles. The van der Waals surface area contributed by atoms with Crippen LogP contribution in [0.15, 0.2) is 61.7 Å². The molecule has 25 heavy (non-hydrogen) atoms. The summed E-state index contributed by atoms with van der Waals surface area (Å²) in [5, 5.41) is 0. The topological polar surface area (TPSA) is 103 Å². The van der Waals surface area contributed by atoms with E-state index in [1.54, 1.807) is 46.6 Å². The van der Waals surface area contributed by atoms with Crippen LogP contribution in [-0.2, 0) is 0 Å². The number of H-pyrrole nitrogens is 1. The standard InChI is InChI=1S/C16H11N9/c1-2-4-12-11(3-1)19-13(20-12)14-21-15(24-7-5-17-9-24)23-16(22-14)25-8-6-18-10-25/h1-10H,(H,19,20). The fourth-order valence-corrected chi connectivity index (χ4v) is 2.50. The Morgan fingerprint density at radius 3 is 2.04 bits per heavy atom. The van der Waals surface area contributed by atoms with E-state index in [4.69, 9.17) is 0 Å². The minimum Gasteiger partial charge on any atom is -0.335 e. The average Bonchev–Trinajstić information content (AvgIpc) is 3.42. The van der Waals surface area contributed by atoms with Crippen molar-refractivity contribution < 1.29 is 0 Å². The van der Waals surface area contributed by atoms with E-state index in [0.29, 0.717) is 23.5 Å². The largest absolute Gasteiger partial charge is 0.335 e. The highest BCUT2D eigenvalue weighted by atomic mass is 15.3. The molecule has 0 aliphatic carbocycles. The number of aromatic amines is 1. The van der Waals surface area contributed by atoms with Crippen LogP contribution < -0.4 is 0 Å². The Morgan fingerprint density at radius 2 is 1.44 bits per heavy atom. The van der Waals surface area contributed by atoms with Crippen LogP contribution in [-0.4, -0.2) is 44.0 Å². The van der Waals surface area contributed by atoms with E-state index in [-0.39, 0.29) is 0 Å². The Hall–Kier alpha value is -3.88. The number of nitrogens with zero attached hydrogens (tertiary/aromatic N) is 8. The second kappa shape index (κ2) is 5.34. The molecule has 9 nitrogen and oxygen atoms in total. The number of nitrogens with one attached hydrogen (secondary N) is 1. The van der Waals surface area contributed by atoms with E-state index in [1.807, 2.05) is 24.3 Å². The Balaban J connectivity index is 1.72. The van der Waals surface area contributed by atoms with Crippen molar-refractivity contribution in [2.75, 3.05) is 0 Å². The first kappa shape index (κ1) is 13.5. The SMILES string of the molecule is c1ccc2[nH]c(-c3nc(-n4ccnc4)nc(-n4ccnc4)n3)nc2c1. The van der Waals surface area contributed by atoms with Crippen molar-refractivity contribution in [3.05, 3.63) is 61.7 Å². The molecule has 0 saturated carbocycles. The molecule has 0 atom stereocenters. The Morgan fingerprint density at radius 1 is 0.760 bits per heavy atom. The van der Waals surface area contributed by atoms with Crippen molar-refractivity contribution in [1.29, 1.82) is 0 Å². The summed E-state index contributed by atoms with van der Waals surface area (Å²) in [5.41, 5.74) is 1.78. The van der Waals surface area contributed by atoms with E-state index in [0.717, 1.165) is 11.0 Å². The van der Waals surface area contributed by atoms with Gasteiger partial charge >= 0.3 is 0 Å². The highest BCUT2D eigenvalue weighted by Gasteiger charge is 2.14. The zero-order chi connectivity index (χ0) is 16.6. The lowest BCUT2D eigenvalue weighted by Gasteiger charge is -2.06. The molecule has 0 aliphatic heterocycles. The summed E-state index contributed by atoms with van der Waals surface area (Å²) in [6.45, 7) is 0. The van der Waals surface area contributed by atoms with Crippen molar-refractivity contribution in [3.8, 4) is 23.5 Å². The van der Waals surface area contributed by atoms with Crippen LogP contribution in [0.4, 0.5) is 0 Å². The molecule has 0 bridgehead atoms. The van der Waals surface area contributed by atoms with Crippen molar-refractivity contribution >= 4 is 11.0 Å². The lowest BCUT2D eigenvalue weighted by Crippen LogP contribution is -2.08. The van der Waals surface area contributed by atoms with Crippen molar-refractivity contribution in [2.24, 2.45) is 0 Å². The van der Waals surface area contributed by atoms with Crippen molar-refractivity contribution in [1.82, 2.24) is 44.0 Å². The molecule has 1 N–H and O–H groups in total. The van der Waals surface area contributed by atoms with Crippen LogP contribution in [0.2, 0.25) is 0 Å². The maximum atomic E-state index is 4.57. The van der Waals surface area contributed by atoms with Gasteiger partial charge in [-0.1, -0.05) is 12.1 Å². The van der Waals surface area contributed by atoms with Gasteiger partial charge in [0.05, 0.1) is 11.0 Å². The van der Waals surface area contributed by atoms with Gasteiger partial charge in [0.2, 0.25) is 17.7 Å². The molecule has 9 heteroatoms. The molecule has 0 amide bonds. The number of hydrogen-bond donors (Lipinski definition) is 1. The third-order valence-corrected chi connectivity index (χ3v) is 3.68. The zero-order valence-corrected chi connectivity index (χ0v) is 12.9. The van der Waals surface area contributed by atoms with Crippen LogP contribution in [0.5, 0.6) is 0 Å². The molecular formula is C16H11N9. The van der Waals surface area contributed by atoms with Gasteiger partial charge in [-0.15, -0.1) is 0 Å². The highest BCUT2D eigenvalue weighted by Crippen LogP contribution is 2.19. The van der Waals surface area contributed by atoms with E-state index in [2.05, 4.69) is 34.9 Å². The van der Waals surface area contributed by atoms with E-state index < -0.39 is 0 Å². The molecule has 5 aromatic rings. The zero-order valence-electron chi connectivity index (χ0n) is 12.9. The van der Waals surface area contributed by atoms with Crippen LogP contribution in [0.1, 0.15) is 0 Å². The third-order valence-electron chi connectivity index (χ3n) is 3.68. The lowest BCUT2D eigenvalue weighted by atomic mass is 10.3. The summed E-state index contributed by atoms with van der Waals surface area (Å²) in [5.74, 6) is 1.92. The minimum absolute atomic E-state index is 0.443. The molecular weight excluding hydrogens is 318 g/mol. The fraction of sp³-hybridized carbons (Fsp3) is 0. The first-order valence-electron chi connectivity index (χ1n) is 7.55. The van der Waals surface area contributed by atoms with Gasteiger partial charge in [0.15, 0.2) is 5.82 Å². The number of para-hydroxylation sites is 2. The van der Waals surface area contributed by atoms with Crippen LogP contribution in [0, 0.1) is 0 Å². The van der Waals surface area contributed by atoms with Crippen LogP contribution in [0.25, 0.3) is 34.6 Å².